The molecule has 256 valence electrons. The summed E-state index contributed by atoms with van der Waals surface area (Å²) in [6, 6.07) is 29.4. The SMILES string of the molecule is COc1cccc(C(=O)NNc2nc(N3CCN(C4CCCCC4)CC3)nc(N3CCN(C(c4ccccc4)c4ccccc4)CC3)n2)c1. The smallest absolute Gasteiger partial charge is 0.269 e. The fourth-order valence-corrected chi connectivity index (χ4v) is 7.44. The quantitative estimate of drug-likeness (QED) is 0.226. The van der Waals surface area contributed by atoms with Crippen LogP contribution in [0.15, 0.2) is 84.9 Å². The van der Waals surface area contributed by atoms with Crippen LogP contribution in [0.2, 0.25) is 0 Å². The van der Waals surface area contributed by atoms with Crippen LogP contribution < -0.4 is 25.4 Å². The predicted molar refractivity (Wildman–Crippen MR) is 193 cm³/mol. The van der Waals surface area contributed by atoms with Crippen LogP contribution in [0.3, 0.4) is 0 Å². The highest BCUT2D eigenvalue weighted by atomic mass is 16.5. The minimum atomic E-state index is -0.301. The number of hydrogen-bond acceptors (Lipinski definition) is 10. The molecule has 7 rings (SSSR count). The summed E-state index contributed by atoms with van der Waals surface area (Å²) in [7, 11) is 1.58. The lowest BCUT2D eigenvalue weighted by Crippen LogP contribution is -2.51. The topological polar surface area (TPSA) is 102 Å². The Balaban J connectivity index is 1.08. The second-order valence-corrected chi connectivity index (χ2v) is 13.1. The zero-order chi connectivity index (χ0) is 33.4. The molecular formula is C38H47N9O2. The first kappa shape index (κ1) is 32.8. The summed E-state index contributed by atoms with van der Waals surface area (Å²) in [4.78, 5) is 37.4. The van der Waals surface area contributed by atoms with Gasteiger partial charge in [0.15, 0.2) is 0 Å². The highest BCUT2D eigenvalue weighted by Gasteiger charge is 2.30. The minimum Gasteiger partial charge on any atom is -0.497 e. The van der Waals surface area contributed by atoms with Gasteiger partial charge in [-0.25, -0.2) is 0 Å². The normalized spacial score (nSPS) is 18.0. The van der Waals surface area contributed by atoms with E-state index in [0.29, 0.717) is 35.2 Å². The van der Waals surface area contributed by atoms with Crippen molar-refractivity contribution in [3.8, 4) is 5.75 Å². The van der Waals surface area contributed by atoms with Gasteiger partial charge in [0, 0.05) is 64.0 Å². The number of ether oxygens (including phenoxy) is 1. The first-order valence-electron chi connectivity index (χ1n) is 17.7. The Morgan fingerprint density at radius 2 is 1.31 bits per heavy atom. The van der Waals surface area contributed by atoms with Crippen LogP contribution in [0.25, 0.3) is 0 Å². The van der Waals surface area contributed by atoms with Crippen LogP contribution in [0, 0.1) is 0 Å². The van der Waals surface area contributed by atoms with Crippen molar-refractivity contribution in [3.05, 3.63) is 102 Å². The molecule has 49 heavy (non-hydrogen) atoms. The first-order chi connectivity index (χ1) is 24.1. The Labute approximate surface area is 289 Å². The van der Waals surface area contributed by atoms with Gasteiger partial charge in [-0.15, -0.1) is 0 Å². The van der Waals surface area contributed by atoms with E-state index < -0.39 is 0 Å². The molecule has 0 spiro atoms. The molecule has 2 saturated heterocycles. The maximum atomic E-state index is 13.0. The van der Waals surface area contributed by atoms with E-state index in [-0.39, 0.29) is 11.9 Å². The summed E-state index contributed by atoms with van der Waals surface area (Å²) >= 11 is 0. The second-order valence-electron chi connectivity index (χ2n) is 13.1. The van der Waals surface area contributed by atoms with Crippen LogP contribution >= 0.6 is 0 Å². The molecule has 4 aromatic rings. The van der Waals surface area contributed by atoms with Crippen molar-refractivity contribution in [1.29, 1.82) is 0 Å². The van der Waals surface area contributed by atoms with Crippen LogP contribution in [-0.2, 0) is 0 Å². The molecule has 1 saturated carbocycles. The van der Waals surface area contributed by atoms with Gasteiger partial charge in [-0.2, -0.15) is 15.0 Å². The van der Waals surface area contributed by atoms with Crippen LogP contribution in [0.4, 0.5) is 17.8 Å². The molecule has 1 aliphatic carbocycles. The largest absolute Gasteiger partial charge is 0.497 e. The van der Waals surface area contributed by atoms with Crippen molar-refractivity contribution in [2.24, 2.45) is 0 Å². The number of anilines is 3. The average molecular weight is 662 g/mol. The summed E-state index contributed by atoms with van der Waals surface area (Å²) in [5.74, 6) is 1.89. The zero-order valence-corrected chi connectivity index (χ0v) is 28.4. The molecule has 0 unspecified atom stereocenters. The Hall–Kier alpha value is -4.74. The standard InChI is InChI=1S/C38H47N9O2/c1-49-33-19-11-16-31(28-33)35(48)42-43-36-39-37(46-24-20-44(21-25-46)32-17-9-4-10-18-32)41-38(40-36)47-26-22-45(23-27-47)34(29-12-5-2-6-13-29)30-14-7-3-8-15-30/h2-3,5-8,11-16,19,28,32,34H,4,9-10,17-18,20-27H2,1H3,(H,42,48)(H,39,40,41,43). The van der Waals surface area contributed by atoms with Crippen molar-refractivity contribution in [3.63, 3.8) is 0 Å². The predicted octanol–water partition coefficient (Wildman–Crippen LogP) is 5.00. The summed E-state index contributed by atoms with van der Waals surface area (Å²) in [5.41, 5.74) is 8.83. The van der Waals surface area contributed by atoms with Gasteiger partial charge >= 0.3 is 0 Å². The third-order valence-corrected chi connectivity index (χ3v) is 10.1. The van der Waals surface area contributed by atoms with Gasteiger partial charge in [0.2, 0.25) is 17.8 Å². The molecule has 2 aliphatic heterocycles. The summed E-state index contributed by atoms with van der Waals surface area (Å²) in [6.07, 6.45) is 6.64. The number of piperazine rings is 2. The van der Waals surface area contributed by atoms with E-state index in [2.05, 4.69) is 91.1 Å². The van der Waals surface area contributed by atoms with E-state index in [1.54, 1.807) is 25.3 Å². The number of hydrogen-bond donors (Lipinski definition) is 2. The monoisotopic (exact) mass is 661 g/mol. The molecule has 3 heterocycles. The van der Waals surface area contributed by atoms with Crippen molar-refractivity contribution in [2.75, 3.05) is 74.7 Å². The first-order valence-corrected chi connectivity index (χ1v) is 17.7. The van der Waals surface area contributed by atoms with Gasteiger partial charge in [-0.3, -0.25) is 25.4 Å². The average Bonchev–Trinajstić information content (AvgIpc) is 3.18. The Bertz CT molecular complexity index is 1610. The molecule has 0 bridgehead atoms. The van der Waals surface area contributed by atoms with Gasteiger partial charge in [0.05, 0.1) is 13.2 Å². The molecule has 2 N–H and O–H groups in total. The Kier molecular flexibility index (Phi) is 10.5. The second kappa shape index (κ2) is 15.7. The number of carbonyl (C=O) groups excluding carboxylic acids is 1. The summed E-state index contributed by atoms with van der Waals surface area (Å²) in [5, 5.41) is 0. The minimum absolute atomic E-state index is 0.169. The summed E-state index contributed by atoms with van der Waals surface area (Å²) in [6.45, 7) is 6.96. The molecule has 11 heteroatoms. The van der Waals surface area contributed by atoms with Gasteiger partial charge in [-0.05, 0) is 42.2 Å². The third kappa shape index (κ3) is 7.95. The molecule has 0 radical (unpaired) electrons. The molecule has 11 nitrogen and oxygen atoms in total. The Morgan fingerprint density at radius 3 is 1.90 bits per heavy atom. The molecule has 3 fully saturated rings. The maximum Gasteiger partial charge on any atom is 0.269 e. The van der Waals surface area contributed by atoms with Crippen molar-refractivity contribution in [1.82, 2.24) is 30.2 Å². The zero-order valence-electron chi connectivity index (χ0n) is 28.4. The molecule has 3 aliphatic rings. The molecule has 1 aromatic heterocycles. The van der Waals surface area contributed by atoms with Gasteiger partial charge in [0.25, 0.3) is 5.91 Å². The lowest BCUT2D eigenvalue weighted by atomic mass is 9.94. The lowest BCUT2D eigenvalue weighted by Gasteiger charge is -2.41. The van der Waals surface area contributed by atoms with Crippen LogP contribution in [0.5, 0.6) is 5.75 Å². The van der Waals surface area contributed by atoms with E-state index in [0.717, 1.165) is 52.4 Å². The summed E-state index contributed by atoms with van der Waals surface area (Å²) < 4.78 is 5.30. The van der Waals surface area contributed by atoms with E-state index in [4.69, 9.17) is 19.7 Å². The highest BCUT2D eigenvalue weighted by molar-refractivity contribution is 5.95. The van der Waals surface area contributed by atoms with Crippen LogP contribution in [-0.4, -0.2) is 96.2 Å². The van der Waals surface area contributed by atoms with Crippen molar-refractivity contribution in [2.45, 2.75) is 44.2 Å². The molecule has 1 amide bonds. The number of benzene rings is 3. The number of hydrazine groups is 1. The van der Waals surface area contributed by atoms with Crippen molar-refractivity contribution < 1.29 is 9.53 Å². The highest BCUT2D eigenvalue weighted by Crippen LogP contribution is 2.31. The number of methoxy groups -OCH3 is 1. The third-order valence-electron chi connectivity index (χ3n) is 10.1. The van der Waals surface area contributed by atoms with Gasteiger partial charge in [-0.1, -0.05) is 86.0 Å². The fraction of sp³-hybridized carbons (Fsp3) is 0.421. The Morgan fingerprint density at radius 1 is 0.714 bits per heavy atom. The van der Waals surface area contributed by atoms with E-state index in [9.17, 15) is 4.79 Å². The van der Waals surface area contributed by atoms with Crippen molar-refractivity contribution >= 4 is 23.8 Å². The number of carbonyl (C=O) groups is 1. The van der Waals surface area contributed by atoms with E-state index in [1.807, 2.05) is 6.07 Å². The maximum absolute atomic E-state index is 13.0. The number of nitrogens with zero attached hydrogens (tertiary/aromatic N) is 7. The molecule has 0 atom stereocenters. The van der Waals surface area contributed by atoms with Gasteiger partial charge in [0.1, 0.15) is 5.75 Å². The fourth-order valence-electron chi connectivity index (χ4n) is 7.44. The number of amides is 1. The van der Waals surface area contributed by atoms with E-state index >= 15 is 0 Å². The van der Waals surface area contributed by atoms with Gasteiger partial charge < -0.3 is 14.5 Å². The molecule has 3 aromatic carbocycles. The van der Waals surface area contributed by atoms with Crippen LogP contribution in [0.1, 0.15) is 59.6 Å². The van der Waals surface area contributed by atoms with E-state index in [1.165, 1.54) is 43.2 Å². The number of aromatic nitrogens is 3. The molecular weight excluding hydrogens is 614 g/mol. The number of rotatable bonds is 10. The lowest BCUT2D eigenvalue weighted by molar-refractivity contribution is 0.0962. The number of nitrogens with one attached hydrogen (secondary N) is 2.